The minimum Gasteiger partial charge on any atom is -0.435 e. The number of alkyl halides is 2. The van der Waals surface area contributed by atoms with Gasteiger partial charge < -0.3 is 10.1 Å². The van der Waals surface area contributed by atoms with E-state index in [1.165, 1.54) is 24.3 Å². The molecule has 1 aliphatic heterocycles. The third-order valence-corrected chi connectivity index (χ3v) is 3.25. The maximum absolute atomic E-state index is 12.2. The Kier molecular flexibility index (Phi) is 3.61. The highest BCUT2D eigenvalue weighted by Gasteiger charge is 2.48. The van der Waals surface area contributed by atoms with Gasteiger partial charge >= 0.3 is 12.6 Å². The summed E-state index contributed by atoms with van der Waals surface area (Å²) in [5, 5.41) is 2.61. The number of nitrogens with one attached hydrogen (secondary N) is 1. The summed E-state index contributed by atoms with van der Waals surface area (Å²) in [6, 6.07) is 5.17. The number of carbonyl (C=O) groups excluding carboxylic acids is 2. The minimum absolute atomic E-state index is 0.00327. The maximum atomic E-state index is 12.2. The molecule has 7 heteroatoms. The number of halogens is 2. The lowest BCUT2D eigenvalue weighted by molar-refractivity contribution is -0.130. The quantitative estimate of drug-likeness (QED) is 0.861. The van der Waals surface area contributed by atoms with Crippen molar-refractivity contribution in [3.05, 3.63) is 29.8 Å². The molecule has 0 unspecified atom stereocenters. The summed E-state index contributed by atoms with van der Waals surface area (Å²) in [5.41, 5.74) is -0.676. The molecule has 1 saturated heterocycles. The summed E-state index contributed by atoms with van der Waals surface area (Å²) < 4.78 is 28.4. The number of amides is 3. The van der Waals surface area contributed by atoms with E-state index in [9.17, 15) is 18.4 Å². The Balaban J connectivity index is 2.27. The Hall–Kier alpha value is -2.18. The second kappa shape index (κ2) is 5.07. The van der Waals surface area contributed by atoms with Crippen molar-refractivity contribution >= 4 is 11.9 Å². The van der Waals surface area contributed by atoms with Crippen molar-refractivity contribution in [1.82, 2.24) is 10.2 Å². The molecular formula is C13H14F2N2O3. The maximum Gasteiger partial charge on any atom is 0.387 e. The number of ether oxygens (including phenoxy) is 1. The van der Waals surface area contributed by atoms with Gasteiger partial charge in [0.05, 0.1) is 0 Å². The lowest BCUT2D eigenvalue weighted by Crippen LogP contribution is -2.40. The smallest absolute Gasteiger partial charge is 0.387 e. The Labute approximate surface area is 114 Å². The van der Waals surface area contributed by atoms with Gasteiger partial charge in [-0.2, -0.15) is 8.78 Å². The second-order valence-corrected chi connectivity index (χ2v) is 4.51. The highest BCUT2D eigenvalue weighted by Crippen LogP contribution is 2.30. The summed E-state index contributed by atoms with van der Waals surface area (Å²) in [6.45, 7) is 0.640. The first-order chi connectivity index (χ1) is 9.38. The number of rotatable bonds is 4. The molecule has 2 rings (SSSR count). The third-order valence-electron chi connectivity index (χ3n) is 3.25. The van der Waals surface area contributed by atoms with E-state index in [2.05, 4.69) is 10.1 Å². The van der Waals surface area contributed by atoms with Crippen LogP contribution >= 0.6 is 0 Å². The van der Waals surface area contributed by atoms with E-state index >= 15 is 0 Å². The lowest BCUT2D eigenvalue weighted by Gasteiger charge is -2.22. The van der Waals surface area contributed by atoms with Gasteiger partial charge in [-0.15, -0.1) is 0 Å². The molecule has 108 valence electrons. The van der Waals surface area contributed by atoms with E-state index in [1.54, 1.807) is 13.8 Å². The lowest BCUT2D eigenvalue weighted by atomic mass is 9.92. The van der Waals surface area contributed by atoms with Crippen LogP contribution in [-0.2, 0) is 10.3 Å². The van der Waals surface area contributed by atoms with Crippen molar-refractivity contribution in [2.45, 2.75) is 26.0 Å². The molecule has 0 saturated carbocycles. The summed E-state index contributed by atoms with van der Waals surface area (Å²) in [4.78, 5) is 25.0. The number of hydrogen-bond acceptors (Lipinski definition) is 3. The van der Waals surface area contributed by atoms with Gasteiger partial charge in [-0.3, -0.25) is 9.69 Å². The Morgan fingerprint density at radius 2 is 1.90 bits per heavy atom. The predicted octanol–water partition coefficient (Wildman–Crippen LogP) is 2.07. The SMILES string of the molecule is CCN1C(=O)N[C@@](C)(c2ccc(OC(F)F)cc2)C1=O. The Bertz CT molecular complexity index is 533. The van der Waals surface area contributed by atoms with Crippen molar-refractivity contribution in [3.8, 4) is 5.75 Å². The molecule has 3 amide bonds. The van der Waals surface area contributed by atoms with E-state index in [1.807, 2.05) is 0 Å². The number of hydrogen-bond donors (Lipinski definition) is 1. The van der Waals surface area contributed by atoms with Gasteiger partial charge in [0.15, 0.2) is 0 Å². The fourth-order valence-electron chi connectivity index (χ4n) is 2.15. The number of benzene rings is 1. The first kappa shape index (κ1) is 14.2. The number of urea groups is 1. The van der Waals surface area contributed by atoms with Crippen molar-refractivity contribution in [2.24, 2.45) is 0 Å². The van der Waals surface area contributed by atoms with Gasteiger partial charge in [0, 0.05) is 6.54 Å². The number of carbonyl (C=O) groups is 2. The molecule has 0 aromatic heterocycles. The normalized spacial score (nSPS) is 22.4. The van der Waals surface area contributed by atoms with Crippen LogP contribution in [0, 0.1) is 0 Å². The van der Waals surface area contributed by atoms with E-state index < -0.39 is 18.2 Å². The van der Waals surface area contributed by atoms with Crippen LogP contribution < -0.4 is 10.1 Å². The molecule has 20 heavy (non-hydrogen) atoms. The van der Waals surface area contributed by atoms with Crippen molar-refractivity contribution in [2.75, 3.05) is 6.54 Å². The molecule has 1 aliphatic rings. The zero-order chi connectivity index (χ0) is 14.9. The highest BCUT2D eigenvalue weighted by atomic mass is 19.3. The van der Waals surface area contributed by atoms with Crippen LogP contribution in [0.1, 0.15) is 19.4 Å². The molecule has 1 atom stereocenters. The van der Waals surface area contributed by atoms with Crippen LogP contribution in [0.2, 0.25) is 0 Å². The molecule has 1 N–H and O–H groups in total. The molecule has 5 nitrogen and oxygen atoms in total. The summed E-state index contributed by atoms with van der Waals surface area (Å²) in [7, 11) is 0. The Morgan fingerprint density at radius 1 is 1.30 bits per heavy atom. The van der Waals surface area contributed by atoms with Gasteiger partial charge in [-0.1, -0.05) is 12.1 Å². The zero-order valence-electron chi connectivity index (χ0n) is 11.0. The fraction of sp³-hybridized carbons (Fsp3) is 0.385. The average Bonchev–Trinajstić information content (AvgIpc) is 2.60. The monoisotopic (exact) mass is 284 g/mol. The molecule has 0 spiro atoms. The van der Waals surface area contributed by atoms with Crippen LogP contribution in [0.5, 0.6) is 5.75 Å². The minimum atomic E-state index is -2.90. The van der Waals surface area contributed by atoms with Crippen LogP contribution in [0.4, 0.5) is 13.6 Å². The van der Waals surface area contributed by atoms with Crippen molar-refractivity contribution < 1.29 is 23.1 Å². The molecule has 0 aliphatic carbocycles. The highest BCUT2D eigenvalue weighted by molar-refractivity contribution is 6.07. The molecule has 1 heterocycles. The zero-order valence-corrected chi connectivity index (χ0v) is 11.0. The first-order valence-electron chi connectivity index (χ1n) is 6.08. The molecule has 1 fully saturated rings. The first-order valence-corrected chi connectivity index (χ1v) is 6.08. The van der Waals surface area contributed by atoms with Gasteiger partial charge in [-0.05, 0) is 31.5 Å². The molecular weight excluding hydrogens is 270 g/mol. The van der Waals surface area contributed by atoms with E-state index in [-0.39, 0.29) is 18.2 Å². The third kappa shape index (κ3) is 2.31. The van der Waals surface area contributed by atoms with Gasteiger partial charge in [-0.25, -0.2) is 4.79 Å². The number of nitrogens with zero attached hydrogens (tertiary/aromatic N) is 1. The van der Waals surface area contributed by atoms with Crippen molar-refractivity contribution in [3.63, 3.8) is 0 Å². The van der Waals surface area contributed by atoms with Crippen LogP contribution in [0.15, 0.2) is 24.3 Å². The molecule has 1 aromatic carbocycles. The number of imide groups is 1. The van der Waals surface area contributed by atoms with E-state index in [0.717, 1.165) is 4.90 Å². The molecule has 1 aromatic rings. The predicted molar refractivity (Wildman–Crippen MR) is 66.3 cm³/mol. The van der Waals surface area contributed by atoms with E-state index in [0.29, 0.717) is 5.56 Å². The summed E-state index contributed by atoms with van der Waals surface area (Å²) in [6.07, 6.45) is 0. The van der Waals surface area contributed by atoms with Crippen LogP contribution in [0.25, 0.3) is 0 Å². The number of likely N-dealkylation sites (N-methyl/N-ethyl adjacent to an activating group) is 1. The van der Waals surface area contributed by atoms with Crippen LogP contribution in [0.3, 0.4) is 0 Å². The van der Waals surface area contributed by atoms with Crippen molar-refractivity contribution in [1.29, 1.82) is 0 Å². The average molecular weight is 284 g/mol. The molecule has 0 radical (unpaired) electrons. The second-order valence-electron chi connectivity index (χ2n) is 4.51. The summed E-state index contributed by atoms with van der Waals surface area (Å²) in [5.74, 6) is -0.371. The largest absolute Gasteiger partial charge is 0.435 e. The summed E-state index contributed by atoms with van der Waals surface area (Å²) >= 11 is 0. The fourth-order valence-corrected chi connectivity index (χ4v) is 2.15. The van der Waals surface area contributed by atoms with Gasteiger partial charge in [0.2, 0.25) is 0 Å². The molecule has 0 bridgehead atoms. The Morgan fingerprint density at radius 3 is 2.35 bits per heavy atom. The van der Waals surface area contributed by atoms with E-state index in [4.69, 9.17) is 0 Å². The van der Waals surface area contributed by atoms with Crippen LogP contribution in [-0.4, -0.2) is 30.0 Å². The standard InChI is InChI=1S/C13H14F2N2O3/c1-3-17-10(18)13(2,16-12(17)19)8-4-6-9(7-5-8)20-11(14)15/h4-7,11H,3H2,1-2H3,(H,16,19)/t13-/m0/s1. The van der Waals surface area contributed by atoms with Gasteiger partial charge in [0.25, 0.3) is 5.91 Å². The topological polar surface area (TPSA) is 58.6 Å². The van der Waals surface area contributed by atoms with Gasteiger partial charge in [0.1, 0.15) is 11.3 Å².